The third-order valence-electron chi connectivity index (χ3n) is 25.4. The van der Waals surface area contributed by atoms with Crippen molar-refractivity contribution >= 4 is 37.4 Å². The Hall–Kier alpha value is -2.30. The molecule has 16 bridgehead atoms. The van der Waals surface area contributed by atoms with Crippen LogP contribution in [0.5, 0.6) is 0 Å². The molecule has 0 unspecified atom stereocenters. The summed E-state index contributed by atoms with van der Waals surface area (Å²) < 4.78 is 3.32. The zero-order valence-corrected chi connectivity index (χ0v) is 46.4. The first-order chi connectivity index (χ1) is 35.8. The van der Waals surface area contributed by atoms with Crippen LogP contribution in [0.3, 0.4) is 0 Å². The molecule has 0 aliphatic heterocycles. The third kappa shape index (κ3) is 7.55. The van der Waals surface area contributed by atoms with Gasteiger partial charge >= 0.3 is 0 Å². The monoisotopic (exact) mass is 1000 g/mol. The second kappa shape index (κ2) is 17.1. The molecule has 1 nitrogen and oxygen atoms in total. The van der Waals surface area contributed by atoms with Crippen LogP contribution in [-0.2, 0) is 21.7 Å². The zero-order chi connectivity index (χ0) is 47.7. The van der Waals surface area contributed by atoms with Gasteiger partial charge in [0.2, 0.25) is 0 Å². The predicted octanol–water partition coefficient (Wildman–Crippen LogP) is 16.6. The van der Waals surface area contributed by atoms with Crippen molar-refractivity contribution in [2.24, 2.45) is 71.0 Å². The molecule has 0 atom stereocenters. The number of rotatable bonds is 11. The maximum absolute atomic E-state index is 3.32. The van der Waals surface area contributed by atoms with Gasteiger partial charge in [0, 0.05) is 22.2 Å². The van der Waals surface area contributed by atoms with E-state index in [1.807, 2.05) is 0 Å². The Bertz CT molecular complexity index is 2210. The molecular formula is C70H87NP2. The van der Waals surface area contributed by atoms with Gasteiger partial charge < -0.3 is 0 Å². The molecule has 73 heavy (non-hydrogen) atoms. The smallest absolute Gasteiger partial charge is 0.0325 e. The van der Waals surface area contributed by atoms with Crippen molar-refractivity contribution in [2.45, 2.75) is 214 Å². The van der Waals surface area contributed by atoms with E-state index in [1.165, 1.54) is 186 Å². The summed E-state index contributed by atoms with van der Waals surface area (Å²) in [6.07, 6.45) is 42.6. The van der Waals surface area contributed by atoms with Gasteiger partial charge in [0.05, 0.1) is 0 Å². The molecule has 0 aromatic heterocycles. The van der Waals surface area contributed by atoms with Gasteiger partial charge in [-0.1, -0.05) is 116 Å². The van der Waals surface area contributed by atoms with E-state index in [1.54, 1.807) is 43.5 Å². The Morgan fingerprint density at radius 3 is 0.644 bits per heavy atom. The van der Waals surface area contributed by atoms with E-state index < -0.39 is 16.1 Å². The minimum absolute atomic E-state index is 0.433. The van der Waals surface area contributed by atoms with Crippen LogP contribution < -0.4 is 21.2 Å². The normalized spacial score (nSPS) is 44.1. The largest absolute Gasteiger partial charge is 0.242 e. The second-order valence-electron chi connectivity index (χ2n) is 30.2. The minimum Gasteiger partial charge on any atom is -0.242 e. The molecule has 17 aliphatic rings. The fourth-order valence-corrected chi connectivity index (χ4v) is 30.5. The molecular weight excluding hydrogens is 917 g/mol. The topological polar surface area (TPSA) is 3.24 Å². The predicted molar refractivity (Wildman–Crippen MR) is 306 cm³/mol. The molecule has 17 fully saturated rings. The Balaban J connectivity index is 0.805. The first-order valence-electron chi connectivity index (χ1n) is 31.6. The van der Waals surface area contributed by atoms with Crippen LogP contribution in [0.4, 0.5) is 0 Å². The van der Waals surface area contributed by atoms with Crippen LogP contribution in [0.2, 0.25) is 0 Å². The van der Waals surface area contributed by atoms with E-state index in [9.17, 15) is 0 Å². The molecule has 21 rings (SSSR count). The molecule has 382 valence electrons. The highest BCUT2D eigenvalue weighted by atomic mass is 31.2. The molecule has 17 saturated carbocycles. The van der Waals surface area contributed by atoms with Gasteiger partial charge in [-0.2, -0.15) is 0 Å². The Labute approximate surface area is 443 Å². The van der Waals surface area contributed by atoms with E-state index >= 15 is 0 Å². The molecule has 17 aliphatic carbocycles. The van der Waals surface area contributed by atoms with Gasteiger partial charge in [0.15, 0.2) is 0 Å². The van der Waals surface area contributed by atoms with Gasteiger partial charge in [0.1, 0.15) is 0 Å². The first kappa shape index (κ1) is 45.7. The second-order valence-corrected chi connectivity index (χ2v) is 34.7. The van der Waals surface area contributed by atoms with Crippen molar-refractivity contribution in [3.8, 4) is 0 Å². The number of hydrogen-bond donors (Lipinski definition) is 0. The van der Waals surface area contributed by atoms with Gasteiger partial charge in [-0.05, 0) is 303 Å². The zero-order valence-electron chi connectivity index (χ0n) is 44.6. The first-order valence-corrected chi connectivity index (χ1v) is 34.2. The number of hydrogen-bond acceptors (Lipinski definition) is 1. The van der Waals surface area contributed by atoms with Crippen LogP contribution >= 0.6 is 16.1 Å². The molecule has 4 aromatic rings. The molecule has 0 radical (unpaired) electrons. The standard InChI is InChI=1S/C70H87NP2/c1-2-4-62(5-3-1)71(72(63-14-6-58(7-15-63)67-34-46-22-47(35-67)24-48(23-46)36-67)64-16-8-59(9-17-64)68-37-49-25-50(38-68)27-51(26-49)39-68)73(65-18-10-60(11-19-65)69-40-52-28-53(41-69)30-54(29-52)42-69)66-20-12-61(13-21-66)70-43-55-31-56(44-70)33-57(32-55)45-70/h6-21,46-57,62H,1-5,22-45H2. The van der Waals surface area contributed by atoms with Gasteiger partial charge in [0.25, 0.3) is 0 Å². The quantitative estimate of drug-likeness (QED) is 0.135. The van der Waals surface area contributed by atoms with Crippen molar-refractivity contribution in [3.05, 3.63) is 119 Å². The van der Waals surface area contributed by atoms with Crippen LogP contribution in [0.15, 0.2) is 97.1 Å². The highest BCUT2D eigenvalue weighted by Gasteiger charge is 2.56. The summed E-state index contributed by atoms with van der Waals surface area (Å²) in [7, 11) is -1.63. The van der Waals surface area contributed by atoms with Crippen LogP contribution in [0.25, 0.3) is 0 Å². The van der Waals surface area contributed by atoms with Crippen LogP contribution in [0.1, 0.15) is 208 Å². The maximum atomic E-state index is 3.32. The highest BCUT2D eigenvalue weighted by Crippen LogP contribution is 2.66. The Morgan fingerprint density at radius 2 is 0.452 bits per heavy atom. The summed E-state index contributed by atoms with van der Waals surface area (Å²) in [6.45, 7) is 0. The lowest BCUT2D eigenvalue weighted by molar-refractivity contribution is -0.00530. The van der Waals surface area contributed by atoms with E-state index in [4.69, 9.17) is 0 Å². The molecule has 0 N–H and O–H groups in total. The number of nitrogens with zero attached hydrogens (tertiary/aromatic N) is 1. The lowest BCUT2D eigenvalue weighted by Crippen LogP contribution is -2.48. The highest BCUT2D eigenvalue weighted by molar-refractivity contribution is 7.84. The van der Waals surface area contributed by atoms with Crippen LogP contribution in [0, 0.1) is 71.0 Å². The van der Waals surface area contributed by atoms with Gasteiger partial charge in [-0.15, -0.1) is 0 Å². The van der Waals surface area contributed by atoms with E-state index in [0.717, 1.165) is 71.0 Å². The third-order valence-corrected chi connectivity index (χ3v) is 31.1. The van der Waals surface area contributed by atoms with Gasteiger partial charge in [-0.25, -0.2) is 4.44 Å². The van der Waals surface area contributed by atoms with E-state index in [0.29, 0.717) is 27.7 Å². The minimum atomic E-state index is -0.813. The molecule has 0 spiro atoms. The summed E-state index contributed by atoms with van der Waals surface area (Å²) in [5.41, 5.74) is 8.54. The average Bonchev–Trinajstić information content (AvgIpc) is 3.38. The lowest BCUT2D eigenvalue weighted by Gasteiger charge is -2.57. The van der Waals surface area contributed by atoms with Crippen molar-refractivity contribution in [1.29, 1.82) is 0 Å². The van der Waals surface area contributed by atoms with Crippen molar-refractivity contribution in [2.75, 3.05) is 0 Å². The summed E-state index contributed by atoms with van der Waals surface area (Å²) in [6, 6.07) is 44.3. The average molecular weight is 1000 g/mol. The Morgan fingerprint density at radius 1 is 0.260 bits per heavy atom. The lowest BCUT2D eigenvalue weighted by atomic mass is 9.48. The fourth-order valence-electron chi connectivity index (χ4n) is 24.2. The SMILES string of the molecule is c1cc(C23CC4CC(CC(C4)C2)C3)ccc1P(c1ccc(C23CC4CC(CC(C4)C2)C3)cc1)N(C1CCCCC1)P(c1ccc(C23CC4CC(CC(C4)C2)C3)cc1)c1ccc(C23CC4CC(CC(C4)C2)C3)cc1. The molecule has 0 amide bonds. The molecule has 0 heterocycles. The summed E-state index contributed by atoms with van der Waals surface area (Å²) in [4.78, 5) is 0. The van der Waals surface area contributed by atoms with Gasteiger partial charge in [-0.3, -0.25) is 0 Å². The van der Waals surface area contributed by atoms with E-state index in [2.05, 4.69) is 102 Å². The summed E-state index contributed by atoms with van der Waals surface area (Å²) >= 11 is 0. The van der Waals surface area contributed by atoms with Crippen molar-refractivity contribution < 1.29 is 0 Å². The summed E-state index contributed by atoms with van der Waals surface area (Å²) in [5.74, 6) is 11.7. The van der Waals surface area contributed by atoms with E-state index in [-0.39, 0.29) is 0 Å². The molecule has 3 heteroatoms. The molecule has 0 saturated heterocycles. The van der Waals surface area contributed by atoms with Crippen molar-refractivity contribution in [3.63, 3.8) is 0 Å². The summed E-state index contributed by atoms with van der Waals surface area (Å²) in [5, 5.41) is 6.50. The van der Waals surface area contributed by atoms with Crippen LogP contribution in [-0.4, -0.2) is 10.5 Å². The fraction of sp³-hybridized carbons (Fsp3) is 0.657. The maximum Gasteiger partial charge on any atom is 0.0325 e. The van der Waals surface area contributed by atoms with Crippen molar-refractivity contribution in [1.82, 2.24) is 4.44 Å². The number of benzene rings is 4. The Kier molecular flexibility index (Phi) is 10.7. The molecule has 4 aromatic carbocycles.